The number of nitrogens with zero attached hydrogens (tertiary/aromatic N) is 1. The van der Waals surface area contributed by atoms with Crippen molar-refractivity contribution in [1.82, 2.24) is 15.5 Å². The van der Waals surface area contributed by atoms with Crippen molar-refractivity contribution < 1.29 is 14.4 Å². The Morgan fingerprint density at radius 1 is 1.23 bits per heavy atom. The van der Waals surface area contributed by atoms with E-state index in [1.807, 2.05) is 43.0 Å². The first kappa shape index (κ1) is 19.9. The molecular formula is C19H28N4O3. The number of nitrogens with two attached hydrogens (primary N) is 1. The molecule has 4 N–H and O–H groups in total. The number of nitrogens with one attached hydrogen (secondary N) is 2. The average Bonchev–Trinajstić information content (AvgIpc) is 3.02. The second kappa shape index (κ2) is 9.33. The van der Waals surface area contributed by atoms with Gasteiger partial charge in [-0.05, 0) is 23.5 Å². The summed E-state index contributed by atoms with van der Waals surface area (Å²) >= 11 is 0. The molecule has 0 aromatic heterocycles. The van der Waals surface area contributed by atoms with Gasteiger partial charge in [0.2, 0.25) is 17.7 Å². The van der Waals surface area contributed by atoms with Gasteiger partial charge in [-0.1, -0.05) is 38.1 Å². The zero-order valence-electron chi connectivity index (χ0n) is 15.5. The molecular weight excluding hydrogens is 332 g/mol. The highest BCUT2D eigenvalue weighted by molar-refractivity contribution is 5.87. The Kier molecular flexibility index (Phi) is 7.15. The third kappa shape index (κ3) is 5.84. The van der Waals surface area contributed by atoms with Crippen molar-refractivity contribution in [3.63, 3.8) is 0 Å². The summed E-state index contributed by atoms with van der Waals surface area (Å²) in [5.74, 6) is -0.385. The molecule has 2 rings (SSSR count). The van der Waals surface area contributed by atoms with E-state index < -0.39 is 6.04 Å². The van der Waals surface area contributed by atoms with Gasteiger partial charge in [0, 0.05) is 26.1 Å². The Bertz CT molecular complexity index is 660. The van der Waals surface area contributed by atoms with Crippen molar-refractivity contribution in [3.05, 3.63) is 35.4 Å². The van der Waals surface area contributed by atoms with Gasteiger partial charge in [-0.25, -0.2) is 0 Å². The second-order valence-corrected chi connectivity index (χ2v) is 7.00. The van der Waals surface area contributed by atoms with Crippen molar-refractivity contribution >= 4 is 17.7 Å². The molecule has 1 aliphatic rings. The standard InChI is InChI=1S/C19H28N4O3/c1-13(2)18(20)19(26)22-11-16(24)21-10-14-5-3-6-15(9-14)12-23-8-4-7-17(23)25/h3,5-6,9,13,18H,4,7-8,10-12,20H2,1-2H3,(H,21,24)(H,22,26)/t18-/m0/s1. The van der Waals surface area contributed by atoms with Crippen molar-refractivity contribution in [1.29, 1.82) is 0 Å². The summed E-state index contributed by atoms with van der Waals surface area (Å²) in [5.41, 5.74) is 7.73. The van der Waals surface area contributed by atoms with Crippen LogP contribution in [0.25, 0.3) is 0 Å². The predicted molar refractivity (Wildman–Crippen MR) is 98.8 cm³/mol. The maximum absolute atomic E-state index is 11.9. The van der Waals surface area contributed by atoms with Gasteiger partial charge in [-0.15, -0.1) is 0 Å². The lowest BCUT2D eigenvalue weighted by molar-refractivity contribution is -0.128. The van der Waals surface area contributed by atoms with Gasteiger partial charge in [0.1, 0.15) is 0 Å². The first-order valence-electron chi connectivity index (χ1n) is 9.02. The van der Waals surface area contributed by atoms with Gasteiger partial charge in [-0.2, -0.15) is 0 Å². The molecule has 1 aromatic carbocycles. The highest BCUT2D eigenvalue weighted by Crippen LogP contribution is 2.15. The highest BCUT2D eigenvalue weighted by Gasteiger charge is 2.20. The number of likely N-dealkylation sites (tertiary alicyclic amines) is 1. The summed E-state index contributed by atoms with van der Waals surface area (Å²) in [6.45, 7) is 5.38. The lowest BCUT2D eigenvalue weighted by Gasteiger charge is -2.16. The van der Waals surface area contributed by atoms with E-state index in [-0.39, 0.29) is 30.2 Å². The second-order valence-electron chi connectivity index (χ2n) is 7.00. The minimum absolute atomic E-state index is 0.0169. The third-order valence-electron chi connectivity index (χ3n) is 4.47. The summed E-state index contributed by atoms with van der Waals surface area (Å²) in [6, 6.07) is 7.18. The van der Waals surface area contributed by atoms with Crippen molar-refractivity contribution in [3.8, 4) is 0 Å². The Morgan fingerprint density at radius 3 is 2.62 bits per heavy atom. The Labute approximate surface area is 154 Å². The molecule has 1 heterocycles. The molecule has 3 amide bonds. The van der Waals surface area contributed by atoms with Crippen molar-refractivity contribution in [2.75, 3.05) is 13.1 Å². The van der Waals surface area contributed by atoms with E-state index in [2.05, 4.69) is 10.6 Å². The van der Waals surface area contributed by atoms with Crippen LogP contribution in [0.1, 0.15) is 37.8 Å². The zero-order valence-corrected chi connectivity index (χ0v) is 15.5. The van der Waals surface area contributed by atoms with Gasteiger partial charge >= 0.3 is 0 Å². The summed E-state index contributed by atoms with van der Waals surface area (Å²) in [7, 11) is 0. The Morgan fingerprint density at radius 2 is 1.96 bits per heavy atom. The maximum Gasteiger partial charge on any atom is 0.239 e. The fourth-order valence-electron chi connectivity index (χ4n) is 2.78. The number of benzene rings is 1. The molecule has 1 aromatic rings. The van der Waals surface area contributed by atoms with Crippen molar-refractivity contribution in [2.45, 2.75) is 45.8 Å². The molecule has 1 atom stereocenters. The van der Waals surface area contributed by atoms with Gasteiger partial charge in [0.25, 0.3) is 0 Å². The number of amides is 3. The van der Waals surface area contributed by atoms with E-state index >= 15 is 0 Å². The Hall–Kier alpha value is -2.41. The maximum atomic E-state index is 11.9. The molecule has 0 unspecified atom stereocenters. The number of hydrogen-bond acceptors (Lipinski definition) is 4. The quantitative estimate of drug-likeness (QED) is 0.629. The minimum atomic E-state index is -0.618. The van der Waals surface area contributed by atoms with Crippen molar-refractivity contribution in [2.24, 2.45) is 11.7 Å². The van der Waals surface area contributed by atoms with Crippen LogP contribution in [0.5, 0.6) is 0 Å². The van der Waals surface area contributed by atoms with Gasteiger partial charge < -0.3 is 21.3 Å². The molecule has 0 radical (unpaired) electrons. The number of carbonyl (C=O) groups is 3. The van der Waals surface area contributed by atoms with E-state index in [4.69, 9.17) is 5.73 Å². The molecule has 7 nitrogen and oxygen atoms in total. The molecule has 142 valence electrons. The monoisotopic (exact) mass is 360 g/mol. The number of carbonyl (C=O) groups excluding carboxylic acids is 3. The summed E-state index contributed by atoms with van der Waals surface area (Å²) in [4.78, 5) is 37.2. The normalized spacial score (nSPS) is 15.2. The van der Waals surface area contributed by atoms with Gasteiger partial charge in [0.05, 0.1) is 12.6 Å². The molecule has 0 saturated carbocycles. The summed E-state index contributed by atoms with van der Waals surface area (Å²) < 4.78 is 0. The lowest BCUT2D eigenvalue weighted by atomic mass is 10.1. The SMILES string of the molecule is CC(C)[C@H](N)C(=O)NCC(=O)NCc1cccc(CN2CCCC2=O)c1. The van der Waals surface area contributed by atoms with E-state index in [1.54, 1.807) is 0 Å². The minimum Gasteiger partial charge on any atom is -0.350 e. The van der Waals surface area contributed by atoms with Crippen LogP contribution in [0.3, 0.4) is 0 Å². The molecule has 1 fully saturated rings. The Balaban J connectivity index is 1.78. The zero-order chi connectivity index (χ0) is 19.1. The molecule has 0 bridgehead atoms. The van der Waals surface area contributed by atoms with Crippen LogP contribution in [-0.4, -0.2) is 41.8 Å². The average molecular weight is 360 g/mol. The fourth-order valence-corrected chi connectivity index (χ4v) is 2.78. The smallest absolute Gasteiger partial charge is 0.239 e. The fraction of sp³-hybridized carbons (Fsp3) is 0.526. The van der Waals surface area contributed by atoms with E-state index in [9.17, 15) is 14.4 Å². The molecule has 1 saturated heterocycles. The highest BCUT2D eigenvalue weighted by atomic mass is 16.2. The molecule has 7 heteroatoms. The van der Waals surface area contributed by atoms with Crippen LogP contribution in [0.15, 0.2) is 24.3 Å². The molecule has 0 spiro atoms. The van der Waals surface area contributed by atoms with E-state index in [0.29, 0.717) is 19.5 Å². The number of rotatable bonds is 8. The first-order chi connectivity index (χ1) is 12.4. The van der Waals surface area contributed by atoms with Crippen LogP contribution in [0.2, 0.25) is 0 Å². The van der Waals surface area contributed by atoms with Gasteiger partial charge in [0.15, 0.2) is 0 Å². The largest absolute Gasteiger partial charge is 0.350 e. The van der Waals surface area contributed by atoms with Crippen LogP contribution in [0.4, 0.5) is 0 Å². The number of hydrogen-bond donors (Lipinski definition) is 3. The van der Waals surface area contributed by atoms with Crippen LogP contribution in [-0.2, 0) is 27.5 Å². The molecule has 26 heavy (non-hydrogen) atoms. The topological polar surface area (TPSA) is 105 Å². The van der Waals surface area contributed by atoms with Crippen LogP contribution in [0, 0.1) is 5.92 Å². The summed E-state index contributed by atoms with van der Waals surface area (Å²) in [6.07, 6.45) is 1.54. The van der Waals surface area contributed by atoms with E-state index in [0.717, 1.165) is 24.1 Å². The van der Waals surface area contributed by atoms with Crippen LogP contribution < -0.4 is 16.4 Å². The molecule has 1 aliphatic heterocycles. The van der Waals surface area contributed by atoms with Gasteiger partial charge in [-0.3, -0.25) is 14.4 Å². The van der Waals surface area contributed by atoms with Crippen LogP contribution >= 0.6 is 0 Å². The predicted octanol–water partition coefficient (Wildman–Crippen LogP) is 0.525. The lowest BCUT2D eigenvalue weighted by Crippen LogP contribution is -2.47. The summed E-state index contributed by atoms with van der Waals surface area (Å²) in [5, 5.41) is 5.32. The molecule has 0 aliphatic carbocycles. The van der Waals surface area contributed by atoms with E-state index in [1.165, 1.54) is 0 Å². The third-order valence-corrected chi connectivity index (χ3v) is 4.47. The first-order valence-corrected chi connectivity index (χ1v) is 9.02.